The highest BCUT2D eigenvalue weighted by Crippen LogP contribution is 2.31. The Morgan fingerprint density at radius 2 is 1.88 bits per heavy atom. The van der Waals surface area contributed by atoms with E-state index in [1.165, 1.54) is 30.7 Å². The summed E-state index contributed by atoms with van der Waals surface area (Å²) in [5.41, 5.74) is -0.231. The number of nitrogens with one attached hydrogen (secondary N) is 2. The molecule has 2 heterocycles. The lowest BCUT2D eigenvalue weighted by atomic mass is 10.2. The highest BCUT2D eigenvalue weighted by molar-refractivity contribution is 5.59. The summed E-state index contributed by atoms with van der Waals surface area (Å²) in [6, 6.07) is 7.49. The fourth-order valence-electron chi connectivity index (χ4n) is 1.97. The van der Waals surface area contributed by atoms with E-state index in [1.807, 2.05) is 0 Å². The summed E-state index contributed by atoms with van der Waals surface area (Å²) in [5.74, 6) is 0.0916. The molecule has 0 radical (unpaired) electrons. The number of hydrogen-bond acceptors (Lipinski definition) is 5. The average molecular weight is 333 g/mol. The molecule has 6 nitrogen and oxygen atoms in total. The van der Waals surface area contributed by atoms with Gasteiger partial charge < -0.3 is 10.3 Å². The zero-order valence-electron chi connectivity index (χ0n) is 12.0. The van der Waals surface area contributed by atoms with Gasteiger partial charge in [0.05, 0.1) is 23.3 Å². The molecule has 122 valence electrons. The molecule has 3 rings (SSSR count). The standard InChI is InChI=1S/C15H10F3N5O/c16-15(17,18)9-2-1-3-10(6-9)22-14-19-5-4-11(23-14)12-7-13(24)21-8-20-12/h1-8H,(H,19,22,23)(H,20,21,24). The van der Waals surface area contributed by atoms with Crippen LogP contribution in [-0.2, 0) is 6.18 Å². The maximum absolute atomic E-state index is 12.7. The zero-order chi connectivity index (χ0) is 17.2. The van der Waals surface area contributed by atoms with E-state index in [9.17, 15) is 18.0 Å². The molecule has 0 amide bonds. The number of alkyl halides is 3. The third-order valence-corrected chi connectivity index (χ3v) is 3.04. The Bertz CT molecular complexity index is 923. The number of benzene rings is 1. The van der Waals surface area contributed by atoms with Gasteiger partial charge in [0, 0.05) is 18.0 Å². The number of H-pyrrole nitrogens is 1. The average Bonchev–Trinajstić information content (AvgIpc) is 2.55. The van der Waals surface area contributed by atoms with E-state index in [0.717, 1.165) is 12.1 Å². The van der Waals surface area contributed by atoms with E-state index in [1.54, 1.807) is 6.07 Å². The second-order valence-corrected chi connectivity index (χ2v) is 4.77. The van der Waals surface area contributed by atoms with Gasteiger partial charge in [-0.25, -0.2) is 15.0 Å². The van der Waals surface area contributed by atoms with Crippen molar-refractivity contribution in [1.82, 2.24) is 19.9 Å². The summed E-state index contributed by atoms with van der Waals surface area (Å²) < 4.78 is 38.2. The van der Waals surface area contributed by atoms with E-state index in [0.29, 0.717) is 11.4 Å². The summed E-state index contributed by atoms with van der Waals surface area (Å²) >= 11 is 0. The number of nitrogens with zero attached hydrogens (tertiary/aromatic N) is 3. The molecule has 1 aromatic carbocycles. The van der Waals surface area contributed by atoms with Crippen LogP contribution < -0.4 is 10.9 Å². The molecule has 0 unspecified atom stereocenters. The van der Waals surface area contributed by atoms with Crippen molar-refractivity contribution in [1.29, 1.82) is 0 Å². The molecule has 0 aliphatic carbocycles. The van der Waals surface area contributed by atoms with Crippen LogP contribution >= 0.6 is 0 Å². The fourth-order valence-corrected chi connectivity index (χ4v) is 1.97. The molecule has 0 bridgehead atoms. The minimum Gasteiger partial charge on any atom is -0.324 e. The van der Waals surface area contributed by atoms with Gasteiger partial charge in [-0.1, -0.05) is 6.07 Å². The minimum atomic E-state index is -4.44. The second kappa shape index (κ2) is 6.11. The maximum Gasteiger partial charge on any atom is 0.416 e. The largest absolute Gasteiger partial charge is 0.416 e. The van der Waals surface area contributed by atoms with Crippen LogP contribution in [0.4, 0.5) is 24.8 Å². The zero-order valence-corrected chi connectivity index (χ0v) is 12.0. The lowest BCUT2D eigenvalue weighted by Crippen LogP contribution is -2.07. The van der Waals surface area contributed by atoms with E-state index >= 15 is 0 Å². The molecule has 24 heavy (non-hydrogen) atoms. The van der Waals surface area contributed by atoms with Gasteiger partial charge in [-0.15, -0.1) is 0 Å². The smallest absolute Gasteiger partial charge is 0.324 e. The highest BCUT2D eigenvalue weighted by Gasteiger charge is 2.30. The lowest BCUT2D eigenvalue weighted by Gasteiger charge is -2.10. The summed E-state index contributed by atoms with van der Waals surface area (Å²) in [6.07, 6.45) is -1.78. The van der Waals surface area contributed by atoms with E-state index in [-0.39, 0.29) is 17.2 Å². The minimum absolute atomic E-state index is 0.0916. The number of aromatic nitrogens is 4. The van der Waals surface area contributed by atoms with Crippen LogP contribution in [0.2, 0.25) is 0 Å². The number of hydrogen-bond donors (Lipinski definition) is 2. The lowest BCUT2D eigenvalue weighted by molar-refractivity contribution is -0.137. The van der Waals surface area contributed by atoms with Crippen LogP contribution in [0.3, 0.4) is 0 Å². The van der Waals surface area contributed by atoms with Crippen LogP contribution in [0.25, 0.3) is 11.4 Å². The number of anilines is 2. The Kier molecular flexibility index (Phi) is 3.98. The molecule has 0 aliphatic rings. The monoisotopic (exact) mass is 333 g/mol. The molecule has 0 saturated carbocycles. The number of halogens is 3. The van der Waals surface area contributed by atoms with Crippen molar-refractivity contribution in [3.05, 3.63) is 64.8 Å². The molecule has 0 aliphatic heterocycles. The molecule has 9 heteroatoms. The van der Waals surface area contributed by atoms with Gasteiger partial charge in [0.1, 0.15) is 0 Å². The summed E-state index contributed by atoms with van der Waals surface area (Å²) in [7, 11) is 0. The van der Waals surface area contributed by atoms with Crippen molar-refractivity contribution in [2.45, 2.75) is 6.18 Å². The van der Waals surface area contributed by atoms with Gasteiger partial charge in [-0.2, -0.15) is 13.2 Å². The third kappa shape index (κ3) is 3.57. The molecular weight excluding hydrogens is 323 g/mol. The molecule has 0 spiro atoms. The number of aromatic amines is 1. The molecule has 2 N–H and O–H groups in total. The Labute approximate surface area is 133 Å². The molecule has 0 atom stereocenters. The SMILES string of the molecule is O=c1cc(-c2ccnc(Nc3cccc(C(F)(F)F)c3)n2)nc[nH]1. The van der Waals surface area contributed by atoms with E-state index < -0.39 is 11.7 Å². The molecular formula is C15H10F3N5O. The predicted molar refractivity (Wildman–Crippen MR) is 80.6 cm³/mol. The number of rotatable bonds is 3. The molecule has 2 aromatic heterocycles. The Hall–Kier alpha value is -3.23. The first-order valence-electron chi connectivity index (χ1n) is 6.74. The van der Waals surface area contributed by atoms with Crippen molar-refractivity contribution in [2.24, 2.45) is 0 Å². The van der Waals surface area contributed by atoms with E-state index in [4.69, 9.17) is 0 Å². The van der Waals surface area contributed by atoms with Crippen LogP contribution in [0.1, 0.15) is 5.56 Å². The summed E-state index contributed by atoms with van der Waals surface area (Å²) in [4.78, 5) is 25.8. The maximum atomic E-state index is 12.7. The van der Waals surface area contributed by atoms with Crippen LogP contribution in [0, 0.1) is 0 Å². The van der Waals surface area contributed by atoms with Crippen LogP contribution in [0.15, 0.2) is 53.7 Å². The highest BCUT2D eigenvalue weighted by atomic mass is 19.4. The predicted octanol–water partition coefficient (Wildman–Crippen LogP) is 2.99. The summed E-state index contributed by atoms with van der Waals surface area (Å²) in [6.45, 7) is 0. The first-order chi connectivity index (χ1) is 11.4. The Morgan fingerprint density at radius 3 is 2.62 bits per heavy atom. The van der Waals surface area contributed by atoms with Gasteiger partial charge in [0.25, 0.3) is 5.56 Å². The van der Waals surface area contributed by atoms with Crippen LogP contribution in [-0.4, -0.2) is 19.9 Å². The first-order valence-corrected chi connectivity index (χ1v) is 6.74. The van der Waals surface area contributed by atoms with Crippen molar-refractivity contribution < 1.29 is 13.2 Å². The van der Waals surface area contributed by atoms with Crippen molar-refractivity contribution in [3.8, 4) is 11.4 Å². The van der Waals surface area contributed by atoms with Crippen molar-refractivity contribution in [2.75, 3.05) is 5.32 Å². The molecule has 0 fully saturated rings. The van der Waals surface area contributed by atoms with Gasteiger partial charge >= 0.3 is 6.18 Å². The van der Waals surface area contributed by atoms with Gasteiger partial charge in [0.15, 0.2) is 0 Å². The fraction of sp³-hybridized carbons (Fsp3) is 0.0667. The van der Waals surface area contributed by atoms with E-state index in [2.05, 4.69) is 25.3 Å². The van der Waals surface area contributed by atoms with Crippen molar-refractivity contribution in [3.63, 3.8) is 0 Å². The van der Waals surface area contributed by atoms with Crippen molar-refractivity contribution >= 4 is 11.6 Å². The Balaban J connectivity index is 1.89. The quantitative estimate of drug-likeness (QED) is 0.770. The van der Waals surface area contributed by atoms with Crippen LogP contribution in [0.5, 0.6) is 0 Å². The molecule has 3 aromatic rings. The normalized spacial score (nSPS) is 11.3. The van der Waals surface area contributed by atoms with Gasteiger partial charge in [0.2, 0.25) is 5.95 Å². The van der Waals surface area contributed by atoms with Gasteiger partial charge in [-0.3, -0.25) is 4.79 Å². The molecule has 0 saturated heterocycles. The second-order valence-electron chi connectivity index (χ2n) is 4.77. The first kappa shape index (κ1) is 15.7. The topological polar surface area (TPSA) is 83.6 Å². The summed E-state index contributed by atoms with van der Waals surface area (Å²) in [5, 5.41) is 2.71. The third-order valence-electron chi connectivity index (χ3n) is 3.04. The Morgan fingerprint density at radius 1 is 1.04 bits per heavy atom. The van der Waals surface area contributed by atoms with Gasteiger partial charge in [-0.05, 0) is 24.3 Å².